The summed E-state index contributed by atoms with van der Waals surface area (Å²) in [5.74, 6) is -0.0119. The molecule has 0 spiro atoms. The lowest BCUT2D eigenvalue weighted by atomic mass is 9.93. The molecular formula is C28H34N4O3S. The zero-order chi connectivity index (χ0) is 25.7. The highest BCUT2D eigenvalue weighted by molar-refractivity contribution is 7.09. The number of rotatable bonds is 9. The number of nitrogens with zero attached hydrogens (tertiary/aromatic N) is 2. The number of aromatic nitrogens is 1. The predicted molar refractivity (Wildman–Crippen MR) is 142 cm³/mol. The fourth-order valence-electron chi connectivity index (χ4n) is 4.63. The molecule has 190 valence electrons. The molecule has 8 heteroatoms. The summed E-state index contributed by atoms with van der Waals surface area (Å²) in [5.41, 5.74) is 2.79. The average Bonchev–Trinajstić information content (AvgIpc) is 3.50. The van der Waals surface area contributed by atoms with Crippen molar-refractivity contribution in [1.29, 1.82) is 0 Å². The van der Waals surface area contributed by atoms with Crippen LogP contribution in [0.25, 0.3) is 0 Å². The number of aliphatic hydroxyl groups is 1. The van der Waals surface area contributed by atoms with E-state index in [2.05, 4.69) is 22.5 Å². The molecule has 3 aromatic rings. The van der Waals surface area contributed by atoms with Gasteiger partial charge in [0.2, 0.25) is 0 Å². The van der Waals surface area contributed by atoms with Gasteiger partial charge in [0, 0.05) is 35.3 Å². The maximum absolute atomic E-state index is 13.3. The second-order valence-corrected chi connectivity index (χ2v) is 10.7. The van der Waals surface area contributed by atoms with Gasteiger partial charge in [0.05, 0.1) is 18.7 Å². The molecule has 0 saturated carbocycles. The molecule has 1 fully saturated rings. The topological polar surface area (TPSA) is 94.6 Å². The maximum atomic E-state index is 13.3. The standard InChI is InChI=1S/C28H34N4O3S/c1-18-12-23(29-15-18)26(33)24(13-20-8-5-4-6-9-20)31-27(34)21-10-7-11-22(14-21)28(35)32(3)16-25-30-19(2)17-36-25/h4-11,14,17-18,23-24,26,29,33H,12-13,15-16H2,1-3H3,(H,31,34). The Kier molecular flexibility index (Phi) is 8.51. The number of carbonyl (C=O) groups excluding carboxylic acids is 2. The van der Waals surface area contributed by atoms with Crippen LogP contribution in [0.15, 0.2) is 60.0 Å². The van der Waals surface area contributed by atoms with E-state index < -0.39 is 12.1 Å². The Morgan fingerprint density at radius 3 is 2.61 bits per heavy atom. The van der Waals surface area contributed by atoms with E-state index in [9.17, 15) is 14.7 Å². The molecule has 0 radical (unpaired) electrons. The van der Waals surface area contributed by atoms with Crippen molar-refractivity contribution in [2.45, 2.75) is 51.4 Å². The van der Waals surface area contributed by atoms with Crippen molar-refractivity contribution >= 4 is 23.2 Å². The van der Waals surface area contributed by atoms with Crippen LogP contribution in [0.3, 0.4) is 0 Å². The number of nitrogens with one attached hydrogen (secondary N) is 2. The molecule has 36 heavy (non-hydrogen) atoms. The molecule has 1 saturated heterocycles. The Labute approximate surface area is 216 Å². The van der Waals surface area contributed by atoms with Crippen molar-refractivity contribution in [1.82, 2.24) is 20.5 Å². The zero-order valence-electron chi connectivity index (χ0n) is 21.0. The second-order valence-electron chi connectivity index (χ2n) is 9.74. The molecule has 2 heterocycles. The Morgan fingerprint density at radius 1 is 1.19 bits per heavy atom. The summed E-state index contributed by atoms with van der Waals surface area (Å²) in [5, 5.41) is 20.5. The molecule has 4 rings (SSSR count). The SMILES string of the molecule is Cc1csc(CN(C)C(=O)c2cccc(C(=O)NC(Cc3ccccc3)C(O)C3CC(C)CN3)c2)n1. The van der Waals surface area contributed by atoms with Crippen LogP contribution in [0.1, 0.15) is 50.3 Å². The number of hydrogen-bond acceptors (Lipinski definition) is 6. The van der Waals surface area contributed by atoms with Crippen molar-refractivity contribution in [3.8, 4) is 0 Å². The normalized spacial score (nSPS) is 19.0. The van der Waals surface area contributed by atoms with E-state index in [1.54, 1.807) is 36.2 Å². The van der Waals surface area contributed by atoms with E-state index >= 15 is 0 Å². The Balaban J connectivity index is 1.48. The lowest BCUT2D eigenvalue weighted by molar-refractivity contribution is 0.0733. The predicted octanol–water partition coefficient (Wildman–Crippen LogP) is 3.42. The molecule has 7 nitrogen and oxygen atoms in total. The molecule has 3 N–H and O–H groups in total. The van der Waals surface area contributed by atoms with Crippen LogP contribution in [0.2, 0.25) is 0 Å². The Morgan fingerprint density at radius 2 is 1.94 bits per heavy atom. The van der Waals surface area contributed by atoms with Crippen molar-refractivity contribution in [3.05, 3.63) is 87.4 Å². The summed E-state index contributed by atoms with van der Waals surface area (Å²) in [6, 6.07) is 16.0. The van der Waals surface area contributed by atoms with Gasteiger partial charge >= 0.3 is 0 Å². The van der Waals surface area contributed by atoms with E-state index in [4.69, 9.17) is 0 Å². The maximum Gasteiger partial charge on any atom is 0.253 e. The van der Waals surface area contributed by atoms with Crippen LogP contribution in [0.5, 0.6) is 0 Å². The van der Waals surface area contributed by atoms with Gasteiger partial charge in [-0.05, 0) is 56.0 Å². The van der Waals surface area contributed by atoms with E-state index in [1.807, 2.05) is 42.6 Å². The molecule has 1 aromatic heterocycles. The summed E-state index contributed by atoms with van der Waals surface area (Å²) >= 11 is 1.52. The molecule has 4 unspecified atom stereocenters. The minimum atomic E-state index is -0.739. The summed E-state index contributed by atoms with van der Waals surface area (Å²) < 4.78 is 0. The fraction of sp³-hybridized carbons (Fsp3) is 0.393. The van der Waals surface area contributed by atoms with Crippen molar-refractivity contribution < 1.29 is 14.7 Å². The van der Waals surface area contributed by atoms with Gasteiger partial charge < -0.3 is 20.6 Å². The molecule has 0 aliphatic carbocycles. The molecule has 4 atom stereocenters. The third kappa shape index (κ3) is 6.57. The van der Waals surface area contributed by atoms with Gasteiger partial charge in [-0.15, -0.1) is 11.3 Å². The summed E-state index contributed by atoms with van der Waals surface area (Å²) in [4.78, 5) is 32.3. The number of thiazole rings is 1. The van der Waals surface area contributed by atoms with Crippen LogP contribution in [-0.4, -0.2) is 58.6 Å². The van der Waals surface area contributed by atoms with E-state index in [0.29, 0.717) is 30.0 Å². The van der Waals surface area contributed by atoms with Gasteiger partial charge in [-0.1, -0.05) is 43.3 Å². The number of carbonyl (C=O) groups is 2. The number of aliphatic hydroxyl groups excluding tert-OH is 1. The first-order valence-corrected chi connectivity index (χ1v) is 13.2. The Hall–Kier alpha value is -3.07. The van der Waals surface area contributed by atoms with E-state index in [1.165, 1.54) is 11.3 Å². The van der Waals surface area contributed by atoms with Crippen LogP contribution < -0.4 is 10.6 Å². The minimum Gasteiger partial charge on any atom is -0.389 e. The molecule has 2 aromatic carbocycles. The summed E-state index contributed by atoms with van der Waals surface area (Å²) in [7, 11) is 1.73. The van der Waals surface area contributed by atoms with Crippen LogP contribution in [0, 0.1) is 12.8 Å². The Bertz CT molecular complexity index is 1180. The second kappa shape index (κ2) is 11.8. The van der Waals surface area contributed by atoms with Gasteiger partial charge in [0.25, 0.3) is 11.8 Å². The molecule has 2 amide bonds. The molecule has 0 bridgehead atoms. The highest BCUT2D eigenvalue weighted by Crippen LogP contribution is 2.20. The van der Waals surface area contributed by atoms with Gasteiger partial charge in [0.15, 0.2) is 0 Å². The van der Waals surface area contributed by atoms with Crippen molar-refractivity contribution in [2.75, 3.05) is 13.6 Å². The fourth-order valence-corrected chi connectivity index (χ4v) is 5.46. The van der Waals surface area contributed by atoms with Crippen molar-refractivity contribution in [3.63, 3.8) is 0 Å². The lowest BCUT2D eigenvalue weighted by Crippen LogP contribution is -2.52. The van der Waals surface area contributed by atoms with Crippen LogP contribution in [-0.2, 0) is 13.0 Å². The van der Waals surface area contributed by atoms with Crippen LogP contribution >= 0.6 is 11.3 Å². The van der Waals surface area contributed by atoms with Crippen LogP contribution in [0.4, 0.5) is 0 Å². The average molecular weight is 507 g/mol. The van der Waals surface area contributed by atoms with Gasteiger partial charge in [-0.3, -0.25) is 9.59 Å². The number of benzene rings is 2. The molecule has 1 aliphatic heterocycles. The molecule has 1 aliphatic rings. The number of hydrogen-bond donors (Lipinski definition) is 3. The van der Waals surface area contributed by atoms with Crippen molar-refractivity contribution in [2.24, 2.45) is 5.92 Å². The third-order valence-corrected chi connectivity index (χ3v) is 7.53. The molecular weight excluding hydrogens is 472 g/mol. The first kappa shape index (κ1) is 26.0. The smallest absolute Gasteiger partial charge is 0.253 e. The minimum absolute atomic E-state index is 0.0786. The van der Waals surface area contributed by atoms with Gasteiger partial charge in [0.1, 0.15) is 5.01 Å². The summed E-state index contributed by atoms with van der Waals surface area (Å²) in [6.07, 6.45) is 0.628. The van der Waals surface area contributed by atoms with Gasteiger partial charge in [-0.2, -0.15) is 0 Å². The first-order chi connectivity index (χ1) is 17.3. The highest BCUT2D eigenvalue weighted by atomic mass is 32.1. The van der Waals surface area contributed by atoms with E-state index in [0.717, 1.165) is 29.2 Å². The van der Waals surface area contributed by atoms with E-state index in [-0.39, 0.29) is 17.9 Å². The zero-order valence-corrected chi connectivity index (χ0v) is 21.8. The quantitative estimate of drug-likeness (QED) is 0.413. The summed E-state index contributed by atoms with van der Waals surface area (Å²) in [6.45, 7) is 5.34. The largest absolute Gasteiger partial charge is 0.389 e. The monoisotopic (exact) mass is 506 g/mol. The number of aryl methyl sites for hydroxylation is 1. The van der Waals surface area contributed by atoms with Gasteiger partial charge in [-0.25, -0.2) is 4.98 Å². The number of amides is 2. The first-order valence-electron chi connectivity index (χ1n) is 12.3. The lowest BCUT2D eigenvalue weighted by Gasteiger charge is -2.29. The third-order valence-electron chi connectivity index (χ3n) is 6.58. The highest BCUT2D eigenvalue weighted by Gasteiger charge is 2.33.